The van der Waals surface area contributed by atoms with Gasteiger partial charge in [-0.05, 0) is 43.9 Å². The summed E-state index contributed by atoms with van der Waals surface area (Å²) in [6, 6.07) is 17.4. The maximum absolute atomic E-state index is 11.8. The number of hydrogen-bond acceptors (Lipinski definition) is 3. The van der Waals surface area contributed by atoms with E-state index in [-0.39, 0.29) is 0 Å². The predicted octanol–water partition coefficient (Wildman–Crippen LogP) is 3.99. The lowest BCUT2D eigenvalue weighted by atomic mass is 10.0. The Bertz CT molecular complexity index is 672. The van der Waals surface area contributed by atoms with Gasteiger partial charge in [0.25, 0.3) is 0 Å². The average molecular weight is 325 g/mol. The molecule has 2 rings (SSSR count). The molecular formula is C20H23NO3. The molecule has 0 radical (unpaired) electrons. The van der Waals surface area contributed by atoms with Gasteiger partial charge in [-0.1, -0.05) is 54.6 Å². The smallest absolute Gasteiger partial charge is 0.408 e. The van der Waals surface area contributed by atoms with E-state index in [0.717, 1.165) is 23.0 Å². The molecule has 0 saturated heterocycles. The quantitative estimate of drug-likeness (QED) is 0.846. The van der Waals surface area contributed by atoms with Crippen LogP contribution in [-0.2, 0) is 16.0 Å². The summed E-state index contributed by atoms with van der Waals surface area (Å²) in [4.78, 5) is 23.0. The second kappa shape index (κ2) is 7.77. The van der Waals surface area contributed by atoms with Crippen LogP contribution < -0.4 is 5.32 Å². The first-order valence-corrected chi connectivity index (χ1v) is 7.96. The van der Waals surface area contributed by atoms with Gasteiger partial charge in [-0.25, -0.2) is 4.79 Å². The molecule has 4 nitrogen and oxygen atoms in total. The highest BCUT2D eigenvalue weighted by Gasteiger charge is 2.19. The van der Waals surface area contributed by atoms with Gasteiger partial charge in [0.05, 0.1) is 6.04 Å². The number of carbonyl (C=O) groups excluding carboxylic acids is 2. The van der Waals surface area contributed by atoms with Gasteiger partial charge in [0.2, 0.25) is 0 Å². The first kappa shape index (κ1) is 17.7. The summed E-state index contributed by atoms with van der Waals surface area (Å²) in [5, 5.41) is 2.59. The molecule has 1 atom stereocenters. The van der Waals surface area contributed by atoms with E-state index in [4.69, 9.17) is 4.74 Å². The number of aldehydes is 1. The maximum Gasteiger partial charge on any atom is 0.408 e. The molecule has 0 fully saturated rings. The topological polar surface area (TPSA) is 55.4 Å². The van der Waals surface area contributed by atoms with Crippen molar-refractivity contribution in [2.24, 2.45) is 0 Å². The van der Waals surface area contributed by atoms with Gasteiger partial charge < -0.3 is 14.8 Å². The van der Waals surface area contributed by atoms with E-state index >= 15 is 0 Å². The molecule has 0 aliphatic rings. The molecule has 4 heteroatoms. The molecule has 0 saturated carbocycles. The first-order chi connectivity index (χ1) is 11.4. The molecule has 24 heavy (non-hydrogen) atoms. The Hall–Kier alpha value is -2.62. The minimum absolute atomic E-state index is 0.428. The summed E-state index contributed by atoms with van der Waals surface area (Å²) >= 11 is 0. The van der Waals surface area contributed by atoms with E-state index in [1.165, 1.54) is 0 Å². The number of nitrogens with one attached hydrogen (secondary N) is 1. The highest BCUT2D eigenvalue weighted by Crippen LogP contribution is 2.19. The van der Waals surface area contributed by atoms with Crippen molar-refractivity contribution in [3.63, 3.8) is 0 Å². The Balaban J connectivity index is 1.98. The van der Waals surface area contributed by atoms with Crippen LogP contribution in [0.3, 0.4) is 0 Å². The Morgan fingerprint density at radius 3 is 2.17 bits per heavy atom. The Kier molecular flexibility index (Phi) is 5.74. The number of amides is 1. The Morgan fingerprint density at radius 2 is 1.62 bits per heavy atom. The van der Waals surface area contributed by atoms with Gasteiger partial charge in [0.15, 0.2) is 0 Å². The largest absolute Gasteiger partial charge is 0.444 e. The second-order valence-electron chi connectivity index (χ2n) is 6.66. The van der Waals surface area contributed by atoms with E-state index in [0.29, 0.717) is 6.42 Å². The van der Waals surface area contributed by atoms with Gasteiger partial charge >= 0.3 is 6.09 Å². The summed E-state index contributed by atoms with van der Waals surface area (Å²) in [6.07, 6.45) is 0.577. The van der Waals surface area contributed by atoms with Crippen molar-refractivity contribution in [2.75, 3.05) is 0 Å². The average Bonchev–Trinajstić information content (AvgIpc) is 2.54. The van der Waals surface area contributed by atoms with Crippen molar-refractivity contribution in [1.29, 1.82) is 0 Å². The van der Waals surface area contributed by atoms with Crippen LogP contribution in [0.4, 0.5) is 4.79 Å². The molecular weight excluding hydrogens is 302 g/mol. The van der Waals surface area contributed by atoms with Crippen LogP contribution in [0, 0.1) is 0 Å². The van der Waals surface area contributed by atoms with Crippen LogP contribution in [0.15, 0.2) is 54.6 Å². The number of carbonyl (C=O) groups is 2. The first-order valence-electron chi connectivity index (χ1n) is 7.96. The van der Waals surface area contributed by atoms with E-state index in [9.17, 15) is 9.59 Å². The molecule has 0 aliphatic heterocycles. The van der Waals surface area contributed by atoms with Gasteiger partial charge in [-0.2, -0.15) is 0 Å². The standard InChI is InChI=1S/C20H23NO3/c1-20(2,3)24-19(23)21-18(14-22)13-15-9-11-17(12-10-15)16-7-5-4-6-8-16/h4-12,14,18H,13H2,1-3H3,(H,21,23). The lowest BCUT2D eigenvalue weighted by Gasteiger charge is -2.21. The van der Waals surface area contributed by atoms with Crippen LogP contribution in [0.25, 0.3) is 11.1 Å². The highest BCUT2D eigenvalue weighted by molar-refractivity contribution is 5.73. The van der Waals surface area contributed by atoms with Crippen LogP contribution in [0.2, 0.25) is 0 Å². The SMILES string of the molecule is CC(C)(C)OC(=O)NC(C=O)Cc1ccc(-c2ccccc2)cc1. The van der Waals surface area contributed by atoms with Crippen molar-refractivity contribution in [2.45, 2.75) is 38.8 Å². The summed E-state index contributed by atoms with van der Waals surface area (Å²) in [6.45, 7) is 5.35. The second-order valence-corrected chi connectivity index (χ2v) is 6.66. The number of alkyl carbamates (subject to hydrolysis) is 1. The molecule has 0 bridgehead atoms. The van der Waals surface area contributed by atoms with Crippen LogP contribution >= 0.6 is 0 Å². The van der Waals surface area contributed by atoms with Crippen LogP contribution in [-0.4, -0.2) is 24.0 Å². The van der Waals surface area contributed by atoms with E-state index in [2.05, 4.69) is 5.32 Å². The zero-order chi connectivity index (χ0) is 17.6. The van der Waals surface area contributed by atoms with Gasteiger partial charge in [0.1, 0.15) is 11.9 Å². The fourth-order valence-corrected chi connectivity index (χ4v) is 2.31. The van der Waals surface area contributed by atoms with E-state index < -0.39 is 17.7 Å². The summed E-state index contributed by atoms with van der Waals surface area (Å²) < 4.78 is 5.18. The summed E-state index contributed by atoms with van der Waals surface area (Å²) in [5.74, 6) is 0. The fraction of sp³-hybridized carbons (Fsp3) is 0.300. The molecule has 0 aliphatic carbocycles. The Morgan fingerprint density at radius 1 is 1.04 bits per heavy atom. The summed E-state index contributed by atoms with van der Waals surface area (Å²) in [7, 11) is 0. The molecule has 2 aromatic rings. The number of rotatable bonds is 5. The Labute approximate surface area is 142 Å². The van der Waals surface area contributed by atoms with Gasteiger partial charge in [-0.3, -0.25) is 0 Å². The highest BCUT2D eigenvalue weighted by atomic mass is 16.6. The number of hydrogen-bond donors (Lipinski definition) is 1. The normalized spacial score (nSPS) is 12.3. The molecule has 0 heterocycles. The van der Waals surface area contributed by atoms with E-state index in [1.807, 2.05) is 54.6 Å². The lowest BCUT2D eigenvalue weighted by molar-refractivity contribution is -0.109. The molecule has 2 aromatic carbocycles. The van der Waals surface area contributed by atoms with Crippen LogP contribution in [0.1, 0.15) is 26.3 Å². The van der Waals surface area contributed by atoms with Crippen molar-refractivity contribution < 1.29 is 14.3 Å². The number of ether oxygens (including phenoxy) is 1. The predicted molar refractivity (Wildman–Crippen MR) is 94.8 cm³/mol. The monoisotopic (exact) mass is 325 g/mol. The number of benzene rings is 2. The third-order valence-electron chi connectivity index (χ3n) is 3.38. The van der Waals surface area contributed by atoms with Crippen molar-refractivity contribution in [1.82, 2.24) is 5.32 Å². The van der Waals surface area contributed by atoms with Crippen LogP contribution in [0.5, 0.6) is 0 Å². The molecule has 1 unspecified atom stereocenters. The molecule has 0 aromatic heterocycles. The third-order valence-corrected chi connectivity index (χ3v) is 3.38. The zero-order valence-electron chi connectivity index (χ0n) is 14.3. The molecule has 126 valence electrons. The zero-order valence-corrected chi connectivity index (χ0v) is 14.3. The van der Waals surface area contributed by atoms with Crippen molar-refractivity contribution >= 4 is 12.4 Å². The summed E-state index contributed by atoms with van der Waals surface area (Å²) in [5.41, 5.74) is 2.64. The minimum Gasteiger partial charge on any atom is -0.444 e. The van der Waals surface area contributed by atoms with Gasteiger partial charge in [-0.15, -0.1) is 0 Å². The van der Waals surface area contributed by atoms with E-state index in [1.54, 1.807) is 20.8 Å². The van der Waals surface area contributed by atoms with Gasteiger partial charge in [0, 0.05) is 0 Å². The molecule has 1 N–H and O–H groups in total. The maximum atomic E-state index is 11.8. The van der Waals surface area contributed by atoms with Crippen molar-refractivity contribution in [3.05, 3.63) is 60.2 Å². The molecule has 1 amide bonds. The third kappa shape index (κ3) is 5.54. The molecule has 0 spiro atoms. The minimum atomic E-state index is -0.609. The fourth-order valence-electron chi connectivity index (χ4n) is 2.31. The lowest BCUT2D eigenvalue weighted by Crippen LogP contribution is -2.41. The van der Waals surface area contributed by atoms with Crippen molar-refractivity contribution in [3.8, 4) is 11.1 Å².